The van der Waals surface area contributed by atoms with E-state index in [1.807, 2.05) is 4.90 Å². The summed E-state index contributed by atoms with van der Waals surface area (Å²) in [7, 11) is 1.39. The van der Waals surface area contributed by atoms with Crippen LogP contribution in [0, 0.1) is 0 Å². The van der Waals surface area contributed by atoms with Crippen molar-refractivity contribution in [1.29, 1.82) is 0 Å². The molecular formula is C12H14N2O3. The quantitative estimate of drug-likeness (QED) is 0.577. The molecule has 1 unspecified atom stereocenters. The topological polar surface area (TPSA) is 59.5 Å². The predicted octanol–water partition coefficient (Wildman–Crippen LogP) is 1.04. The van der Waals surface area contributed by atoms with Crippen LogP contribution in [0.1, 0.15) is 23.3 Å². The van der Waals surface area contributed by atoms with Gasteiger partial charge in [-0.2, -0.15) is 0 Å². The van der Waals surface area contributed by atoms with Gasteiger partial charge in [-0.05, 0) is 25.0 Å². The first-order valence-corrected chi connectivity index (χ1v) is 5.52. The Balaban J connectivity index is 2.25. The van der Waals surface area contributed by atoms with Gasteiger partial charge in [0.15, 0.2) is 6.29 Å². The van der Waals surface area contributed by atoms with Gasteiger partial charge in [-0.15, -0.1) is 0 Å². The third-order valence-electron chi connectivity index (χ3n) is 2.94. The number of pyridine rings is 1. The lowest BCUT2D eigenvalue weighted by Gasteiger charge is -2.24. The fraction of sp³-hybridized carbons (Fsp3) is 0.417. The minimum atomic E-state index is -0.248. The number of methoxy groups -OCH3 is 1. The monoisotopic (exact) mass is 234 g/mol. The summed E-state index contributed by atoms with van der Waals surface area (Å²) >= 11 is 0. The smallest absolute Gasteiger partial charge is 0.328 e. The molecule has 1 aliphatic rings. The third-order valence-corrected chi connectivity index (χ3v) is 2.94. The summed E-state index contributed by atoms with van der Waals surface area (Å²) in [6.07, 6.45) is 4.00. The molecule has 1 aliphatic heterocycles. The molecule has 0 aromatic carbocycles. The summed E-state index contributed by atoms with van der Waals surface area (Å²) in [5.74, 6) is -0.230. The summed E-state index contributed by atoms with van der Waals surface area (Å²) in [5.41, 5.74) is 1.22. The highest BCUT2D eigenvalue weighted by Gasteiger charge is 2.31. The van der Waals surface area contributed by atoms with E-state index in [0.29, 0.717) is 12.0 Å². The van der Waals surface area contributed by atoms with E-state index in [-0.39, 0.29) is 12.0 Å². The zero-order valence-electron chi connectivity index (χ0n) is 9.63. The van der Waals surface area contributed by atoms with Gasteiger partial charge in [0.2, 0.25) is 0 Å². The molecule has 1 saturated heterocycles. The molecule has 0 aliphatic carbocycles. The molecule has 0 N–H and O–H groups in total. The number of esters is 1. The maximum Gasteiger partial charge on any atom is 0.328 e. The Labute approximate surface area is 99.4 Å². The van der Waals surface area contributed by atoms with Crippen LogP contribution in [-0.2, 0) is 9.53 Å². The van der Waals surface area contributed by atoms with Gasteiger partial charge in [-0.1, -0.05) is 0 Å². The van der Waals surface area contributed by atoms with Crippen LogP contribution < -0.4 is 4.90 Å². The fourth-order valence-corrected chi connectivity index (χ4v) is 2.14. The lowest BCUT2D eigenvalue weighted by molar-refractivity contribution is -0.141. The van der Waals surface area contributed by atoms with Crippen LogP contribution in [0.4, 0.5) is 5.69 Å². The van der Waals surface area contributed by atoms with Gasteiger partial charge in [0.25, 0.3) is 0 Å². The number of rotatable bonds is 3. The van der Waals surface area contributed by atoms with Crippen molar-refractivity contribution >= 4 is 17.9 Å². The van der Waals surface area contributed by atoms with Gasteiger partial charge in [0.1, 0.15) is 11.7 Å². The molecule has 0 spiro atoms. The summed E-state index contributed by atoms with van der Waals surface area (Å²) in [6, 6.07) is 3.24. The van der Waals surface area contributed by atoms with E-state index in [2.05, 4.69) is 4.98 Å². The highest BCUT2D eigenvalue weighted by molar-refractivity contribution is 5.81. The highest BCUT2D eigenvalue weighted by atomic mass is 16.5. The van der Waals surface area contributed by atoms with Gasteiger partial charge in [-0.25, -0.2) is 4.79 Å². The lowest BCUT2D eigenvalue weighted by atomic mass is 10.2. The largest absolute Gasteiger partial charge is 0.467 e. The Kier molecular flexibility index (Phi) is 3.37. The van der Waals surface area contributed by atoms with Crippen LogP contribution in [0.5, 0.6) is 0 Å². The van der Waals surface area contributed by atoms with Crippen molar-refractivity contribution in [3.05, 3.63) is 24.0 Å². The van der Waals surface area contributed by atoms with Crippen LogP contribution in [-0.4, -0.2) is 36.9 Å². The van der Waals surface area contributed by atoms with Crippen molar-refractivity contribution in [2.75, 3.05) is 18.6 Å². The molecule has 90 valence electrons. The number of nitrogens with zero attached hydrogens (tertiary/aromatic N) is 2. The van der Waals surface area contributed by atoms with Gasteiger partial charge in [0, 0.05) is 18.4 Å². The van der Waals surface area contributed by atoms with E-state index in [9.17, 15) is 9.59 Å². The van der Waals surface area contributed by atoms with E-state index in [4.69, 9.17) is 4.74 Å². The molecule has 0 saturated carbocycles. The molecule has 0 amide bonds. The number of anilines is 1. The number of hydrogen-bond acceptors (Lipinski definition) is 5. The first kappa shape index (κ1) is 11.6. The molecule has 5 heteroatoms. The van der Waals surface area contributed by atoms with Crippen LogP contribution in [0.3, 0.4) is 0 Å². The van der Waals surface area contributed by atoms with Crippen molar-refractivity contribution in [3.63, 3.8) is 0 Å². The van der Waals surface area contributed by atoms with Crippen LogP contribution in [0.15, 0.2) is 18.3 Å². The number of carbonyl (C=O) groups excluding carboxylic acids is 2. The second-order valence-electron chi connectivity index (χ2n) is 3.93. The molecule has 1 aromatic rings. The Morgan fingerprint density at radius 2 is 2.47 bits per heavy atom. The van der Waals surface area contributed by atoms with Crippen molar-refractivity contribution in [2.24, 2.45) is 0 Å². The molecule has 2 heterocycles. The molecule has 1 aromatic heterocycles. The first-order valence-electron chi connectivity index (χ1n) is 5.52. The average molecular weight is 234 g/mol. The molecule has 2 rings (SSSR count). The standard InChI is InChI=1S/C12H14N2O3/c1-17-12(16)11-3-2-6-14(11)10-4-5-13-9(7-10)8-15/h4-5,7-8,11H,2-3,6H2,1H3. The average Bonchev–Trinajstić information content (AvgIpc) is 2.87. The van der Waals surface area contributed by atoms with Crippen molar-refractivity contribution < 1.29 is 14.3 Å². The van der Waals surface area contributed by atoms with Crippen molar-refractivity contribution in [1.82, 2.24) is 4.98 Å². The molecule has 17 heavy (non-hydrogen) atoms. The maximum atomic E-state index is 11.6. The molecule has 0 bridgehead atoms. The van der Waals surface area contributed by atoms with E-state index < -0.39 is 0 Å². The van der Waals surface area contributed by atoms with Gasteiger partial charge in [0.05, 0.1) is 7.11 Å². The molecule has 1 fully saturated rings. The summed E-state index contributed by atoms with van der Waals surface area (Å²) in [6.45, 7) is 0.794. The maximum absolute atomic E-state index is 11.6. The molecular weight excluding hydrogens is 220 g/mol. The number of ether oxygens (including phenoxy) is 1. The first-order chi connectivity index (χ1) is 8.26. The zero-order valence-corrected chi connectivity index (χ0v) is 9.63. The van der Waals surface area contributed by atoms with E-state index in [0.717, 1.165) is 25.1 Å². The van der Waals surface area contributed by atoms with Crippen LogP contribution in [0.25, 0.3) is 0 Å². The second-order valence-corrected chi connectivity index (χ2v) is 3.93. The highest BCUT2D eigenvalue weighted by Crippen LogP contribution is 2.26. The normalized spacial score (nSPS) is 19.1. The van der Waals surface area contributed by atoms with Crippen LogP contribution in [0.2, 0.25) is 0 Å². The predicted molar refractivity (Wildman–Crippen MR) is 62.0 cm³/mol. The fourth-order valence-electron chi connectivity index (χ4n) is 2.14. The third kappa shape index (κ3) is 2.27. The Hall–Kier alpha value is -1.91. The number of aromatic nitrogens is 1. The summed E-state index contributed by atoms with van der Waals surface area (Å²) in [4.78, 5) is 28.1. The lowest BCUT2D eigenvalue weighted by Crippen LogP contribution is -2.36. The molecule has 0 radical (unpaired) electrons. The Morgan fingerprint density at radius 1 is 1.65 bits per heavy atom. The van der Waals surface area contributed by atoms with E-state index in [1.54, 1.807) is 18.3 Å². The van der Waals surface area contributed by atoms with Crippen LogP contribution >= 0.6 is 0 Å². The van der Waals surface area contributed by atoms with Crippen molar-refractivity contribution in [3.8, 4) is 0 Å². The van der Waals surface area contributed by atoms with E-state index in [1.165, 1.54) is 7.11 Å². The number of carbonyl (C=O) groups is 2. The van der Waals surface area contributed by atoms with Gasteiger partial charge in [-0.3, -0.25) is 9.78 Å². The molecule has 5 nitrogen and oxygen atoms in total. The van der Waals surface area contributed by atoms with Crippen molar-refractivity contribution in [2.45, 2.75) is 18.9 Å². The number of aldehydes is 1. The zero-order chi connectivity index (χ0) is 12.3. The summed E-state index contributed by atoms with van der Waals surface area (Å²) < 4.78 is 4.78. The minimum Gasteiger partial charge on any atom is -0.467 e. The second kappa shape index (κ2) is 4.95. The SMILES string of the molecule is COC(=O)C1CCCN1c1ccnc(C=O)c1. The van der Waals surface area contributed by atoms with Gasteiger partial charge < -0.3 is 9.64 Å². The summed E-state index contributed by atoms with van der Waals surface area (Å²) in [5, 5.41) is 0. The minimum absolute atomic E-state index is 0.230. The molecule has 1 atom stereocenters. The van der Waals surface area contributed by atoms with E-state index >= 15 is 0 Å². The van der Waals surface area contributed by atoms with Gasteiger partial charge >= 0.3 is 5.97 Å². The Morgan fingerprint density at radius 3 is 3.18 bits per heavy atom. The Bertz CT molecular complexity index is 434. The number of hydrogen-bond donors (Lipinski definition) is 0.